The smallest absolute Gasteiger partial charge is 0.314 e. The van der Waals surface area contributed by atoms with Gasteiger partial charge in [0.1, 0.15) is 110 Å². The minimum Gasteiger partial charge on any atom is -0.432 e. The number of carbonyl (C=O) groups excluding carboxylic acids is 1. The lowest BCUT2D eigenvalue weighted by molar-refractivity contribution is -0.398. The van der Waals surface area contributed by atoms with Gasteiger partial charge in [0, 0.05) is 0 Å². The van der Waals surface area contributed by atoms with Gasteiger partial charge < -0.3 is 129 Å². The third-order valence-electron chi connectivity index (χ3n) is 19.2. The van der Waals surface area contributed by atoms with E-state index >= 15 is 0 Å². The summed E-state index contributed by atoms with van der Waals surface area (Å²) in [5.41, 5.74) is -2.67. The first kappa shape index (κ1) is 59.8. The Kier molecular flexibility index (Phi) is 17.7. The van der Waals surface area contributed by atoms with Gasteiger partial charge in [-0.25, -0.2) is 0 Å². The normalized spacial score (nSPS) is 55.1. The molecule has 0 radical (unpaired) electrons. The molecule has 5 saturated heterocycles. The molecule has 0 aromatic heterocycles. The van der Waals surface area contributed by atoms with E-state index in [4.69, 9.17) is 47.4 Å². The molecule has 2 bridgehead atoms. The Labute approximate surface area is 443 Å². The van der Waals surface area contributed by atoms with Gasteiger partial charge in [0.05, 0.1) is 43.5 Å². The van der Waals surface area contributed by atoms with E-state index in [0.717, 1.165) is 0 Å². The van der Waals surface area contributed by atoms with Crippen molar-refractivity contribution in [3.8, 4) is 0 Å². The summed E-state index contributed by atoms with van der Waals surface area (Å²) in [7, 11) is 0. The number of hydrogen-bond acceptors (Lipinski definition) is 27. The van der Waals surface area contributed by atoms with Gasteiger partial charge in [0.2, 0.25) is 6.29 Å². The Hall–Kier alpha value is -1.79. The van der Waals surface area contributed by atoms with Gasteiger partial charge in [-0.15, -0.1) is 0 Å². The number of aliphatic hydroxyl groups excluding tert-OH is 16. The van der Waals surface area contributed by atoms with Crippen molar-refractivity contribution >= 4 is 5.97 Å². The van der Waals surface area contributed by atoms with Crippen LogP contribution in [0.15, 0.2) is 12.2 Å². The minimum atomic E-state index is -1.95. The zero-order valence-corrected chi connectivity index (χ0v) is 43.1. The Morgan fingerprint density at radius 1 is 0.519 bits per heavy atom. The Morgan fingerprint density at radius 2 is 0.987 bits per heavy atom. The third-order valence-corrected chi connectivity index (χ3v) is 19.2. The first-order valence-electron chi connectivity index (χ1n) is 26.7. The standard InChI is InChI=1S/C50H80O27/c1-18-12-49-10-6-24-47(3,8-5-9-48(24,4)46(67)76-44-39(34(63)29(58)22(15-53)71-44)74-43-37(66)33(62)28(57)21(14-52)70-43)25(49)7-11-50(18,17-49)77-45-40(75-41-35(64)31(60)26(55)19(2)68-41)38(30(59)23(16-54)72-45)73-42-36(65)32(61)27(56)20(13-51)69-42/h19-45,51-66H,1,5-17H2,2-4H3/t19-,20+,21+,22+,23+,24-,25-,26-,27+,28+,29+,30+,31+,32-,33-,34-,35+,36+,37+,38-,39+,40+,41-,42-,43-,44-,45-,47+,48+,49+,50-/m0/s1. The number of ether oxygens (including phenoxy) is 10. The van der Waals surface area contributed by atoms with Gasteiger partial charge in [-0.3, -0.25) is 4.79 Å². The van der Waals surface area contributed by atoms with Crippen molar-refractivity contribution in [2.24, 2.45) is 28.1 Å². The van der Waals surface area contributed by atoms with Gasteiger partial charge >= 0.3 is 5.97 Å². The van der Waals surface area contributed by atoms with Crippen LogP contribution in [0.25, 0.3) is 0 Å². The van der Waals surface area contributed by atoms with Gasteiger partial charge in [-0.05, 0) is 93.5 Å². The Bertz CT molecular complexity index is 2060. The summed E-state index contributed by atoms with van der Waals surface area (Å²) in [6.45, 7) is 6.69. The maximum Gasteiger partial charge on any atom is 0.314 e. The van der Waals surface area contributed by atoms with Crippen molar-refractivity contribution in [1.82, 2.24) is 0 Å². The second-order valence-corrected chi connectivity index (χ2v) is 23.6. The number of fused-ring (bicyclic) bond motifs is 3. The maximum atomic E-state index is 14.9. The molecule has 16 N–H and O–H groups in total. The van der Waals surface area contributed by atoms with Crippen LogP contribution in [-0.2, 0) is 52.2 Å². The summed E-state index contributed by atoms with van der Waals surface area (Å²) in [6, 6.07) is 0. The van der Waals surface area contributed by atoms with Crippen molar-refractivity contribution in [2.75, 3.05) is 26.4 Å². The highest BCUT2D eigenvalue weighted by molar-refractivity contribution is 5.77. The Balaban J connectivity index is 0.964. The van der Waals surface area contributed by atoms with Crippen molar-refractivity contribution in [3.63, 3.8) is 0 Å². The van der Waals surface area contributed by atoms with Gasteiger partial charge in [-0.2, -0.15) is 0 Å². The highest BCUT2D eigenvalue weighted by Gasteiger charge is 2.70. The molecule has 442 valence electrons. The molecule has 9 aliphatic rings. The van der Waals surface area contributed by atoms with E-state index in [2.05, 4.69) is 13.5 Å². The second kappa shape index (κ2) is 22.8. The molecule has 5 aliphatic heterocycles. The lowest BCUT2D eigenvalue weighted by atomic mass is 9.41. The van der Waals surface area contributed by atoms with E-state index in [1.165, 1.54) is 6.92 Å². The van der Waals surface area contributed by atoms with Crippen molar-refractivity contribution < 1.29 is 134 Å². The topological polar surface area (TPSA) is 433 Å². The highest BCUT2D eigenvalue weighted by Crippen LogP contribution is 2.74. The van der Waals surface area contributed by atoms with Crippen LogP contribution in [0.4, 0.5) is 0 Å². The fraction of sp³-hybridized carbons (Fsp3) is 0.940. The third kappa shape index (κ3) is 10.3. The molecule has 9 fully saturated rings. The monoisotopic (exact) mass is 1110 g/mol. The molecule has 0 aromatic rings. The van der Waals surface area contributed by atoms with Crippen molar-refractivity contribution in [2.45, 2.75) is 238 Å². The highest BCUT2D eigenvalue weighted by atomic mass is 16.8. The van der Waals surface area contributed by atoms with E-state index in [9.17, 15) is 86.5 Å². The molecule has 1 spiro atoms. The number of hydrogen-bond donors (Lipinski definition) is 16. The summed E-state index contributed by atoms with van der Waals surface area (Å²) in [4.78, 5) is 14.9. The van der Waals surface area contributed by atoms with E-state index in [0.29, 0.717) is 63.4 Å². The zero-order valence-electron chi connectivity index (χ0n) is 43.1. The van der Waals surface area contributed by atoms with Crippen molar-refractivity contribution in [1.29, 1.82) is 0 Å². The average molecular weight is 1110 g/mol. The van der Waals surface area contributed by atoms with Crippen LogP contribution in [0.3, 0.4) is 0 Å². The molecule has 27 nitrogen and oxygen atoms in total. The SMILES string of the molecule is C=C1C[C@@]23CC[C@H]4[C@@](C)(CCC[C@@]4(C)C(=O)O[C@@H]4O[C@H](CO)[C@@H](O)[C@H](O)[C@H]4O[C@@H]4O[C@H](CO)[C@@H](O)[C@H](O)[C@H]4O)[C@@H]2CC[C@]1(O[C@@H]1O[C@H](CO)[C@@H](O)[C@H](O[C@@H]2O[C@H](CO)[C@@H](O)[C@H](O)[C@H]2O)[C@H]1O[C@@H]1O[C@@H](C)[C@H](O)[C@@H](O)[C@H]1O)C3. The molecule has 0 aromatic carbocycles. The fourth-order valence-electron chi connectivity index (χ4n) is 14.9. The summed E-state index contributed by atoms with van der Waals surface area (Å²) in [5, 5.41) is 171. The lowest BCUT2D eigenvalue weighted by Crippen LogP contribution is -2.67. The largest absolute Gasteiger partial charge is 0.432 e. The summed E-state index contributed by atoms with van der Waals surface area (Å²) in [6.07, 6.45) is -38.1. The van der Waals surface area contributed by atoms with Crippen LogP contribution in [0, 0.1) is 28.1 Å². The average Bonchev–Trinajstić information content (AvgIpc) is 3.68. The first-order valence-corrected chi connectivity index (χ1v) is 26.7. The molecule has 9 rings (SSSR count). The molecule has 0 amide bonds. The first-order chi connectivity index (χ1) is 36.3. The Morgan fingerprint density at radius 3 is 1.56 bits per heavy atom. The molecule has 5 heterocycles. The van der Waals surface area contributed by atoms with Crippen LogP contribution < -0.4 is 0 Å². The fourth-order valence-corrected chi connectivity index (χ4v) is 14.9. The predicted octanol–water partition coefficient (Wildman–Crippen LogP) is -6.26. The van der Waals surface area contributed by atoms with E-state index in [1.807, 2.05) is 0 Å². The second-order valence-electron chi connectivity index (χ2n) is 23.6. The molecule has 4 saturated carbocycles. The maximum absolute atomic E-state index is 14.9. The molecule has 4 aliphatic carbocycles. The van der Waals surface area contributed by atoms with Crippen LogP contribution in [0.2, 0.25) is 0 Å². The predicted molar refractivity (Wildman–Crippen MR) is 250 cm³/mol. The molecular formula is C50H80O27. The van der Waals surface area contributed by atoms with Crippen LogP contribution in [-0.4, -0.2) is 273 Å². The van der Waals surface area contributed by atoms with Gasteiger partial charge in [0.25, 0.3) is 0 Å². The molecule has 31 atom stereocenters. The quantitative estimate of drug-likeness (QED) is 0.0437. The number of rotatable bonds is 14. The minimum absolute atomic E-state index is 0.0464. The molecular weight excluding hydrogens is 1030 g/mol. The van der Waals surface area contributed by atoms with Crippen LogP contribution in [0.5, 0.6) is 0 Å². The van der Waals surface area contributed by atoms with E-state index < -0.39 is 208 Å². The van der Waals surface area contributed by atoms with E-state index in [1.54, 1.807) is 6.92 Å². The van der Waals surface area contributed by atoms with Gasteiger partial charge in [0.15, 0.2) is 31.3 Å². The van der Waals surface area contributed by atoms with Crippen molar-refractivity contribution in [3.05, 3.63) is 12.2 Å². The summed E-state index contributed by atoms with van der Waals surface area (Å²) in [5.74, 6) is -1.09. The van der Waals surface area contributed by atoms with Crippen LogP contribution >= 0.6 is 0 Å². The molecule has 0 unspecified atom stereocenters. The lowest BCUT2D eigenvalue weighted by Gasteiger charge is -2.64. The summed E-state index contributed by atoms with van der Waals surface area (Å²) >= 11 is 0. The van der Waals surface area contributed by atoms with Crippen LogP contribution in [0.1, 0.15) is 78.6 Å². The molecule has 27 heteroatoms. The summed E-state index contributed by atoms with van der Waals surface area (Å²) < 4.78 is 60.5. The number of carbonyl (C=O) groups is 1. The zero-order chi connectivity index (χ0) is 56.0. The molecule has 77 heavy (non-hydrogen) atoms. The number of esters is 1. The van der Waals surface area contributed by atoms with Gasteiger partial charge in [-0.1, -0.05) is 19.9 Å². The van der Waals surface area contributed by atoms with E-state index in [-0.39, 0.29) is 11.8 Å². The number of aliphatic hydroxyl groups is 16.